The highest BCUT2D eigenvalue weighted by Crippen LogP contribution is 2.20. The fourth-order valence-electron chi connectivity index (χ4n) is 6.40. The minimum atomic E-state index is -3.07. The molecule has 2 aromatic heterocycles. The van der Waals surface area contributed by atoms with Crippen LogP contribution in [-0.4, -0.2) is 103 Å². The number of nitrogens with one attached hydrogen (secondary N) is 3. The van der Waals surface area contributed by atoms with Gasteiger partial charge in [-0.2, -0.15) is 0 Å². The van der Waals surface area contributed by atoms with E-state index in [-0.39, 0.29) is 48.6 Å². The number of hydrogen-bond acceptors (Lipinski definition) is 11. The molecule has 3 atom stereocenters. The van der Waals surface area contributed by atoms with Crippen molar-refractivity contribution in [2.24, 2.45) is 0 Å². The van der Waals surface area contributed by atoms with Gasteiger partial charge in [-0.3, -0.25) is 9.78 Å². The lowest BCUT2D eigenvalue weighted by molar-refractivity contribution is -0.124. The van der Waals surface area contributed by atoms with Crippen molar-refractivity contribution in [3.05, 3.63) is 104 Å². The number of hydrogen-bond donors (Lipinski definition) is 3. The molecule has 1 aliphatic rings. The molecule has 3 unspecified atom stereocenters. The van der Waals surface area contributed by atoms with E-state index in [0.29, 0.717) is 51.7 Å². The Kier molecular flexibility index (Phi) is 16.2. The Bertz CT molecular complexity index is 1910. The van der Waals surface area contributed by atoms with Crippen LogP contribution in [0.3, 0.4) is 0 Å². The van der Waals surface area contributed by atoms with Gasteiger partial charge in [0.2, 0.25) is 5.91 Å². The molecule has 1 aliphatic heterocycles. The standard InChI is InChI=1S/C40H53N7O6S3/c1-29(2)38-43-34(27-54-38)25-46(3)39(49)45-36(16-17-47-18-20-56(51,52)21-19-47)37(48)42-32(22-30-10-6-4-7-11-30)14-15-33(23-31-12-8-5-9-13-31)44-40(50)53-26-35-24-41-28-55-35/h4-13,24,27-29,32-33,36H,14-23,25-26H2,1-3H3,(H,42,48)(H,44,50)(H,45,49). The summed E-state index contributed by atoms with van der Waals surface area (Å²) in [6.07, 6.45) is 3.60. The first-order valence-corrected chi connectivity index (χ1v) is 22.6. The van der Waals surface area contributed by atoms with Gasteiger partial charge in [0, 0.05) is 56.3 Å². The highest BCUT2D eigenvalue weighted by atomic mass is 32.2. The van der Waals surface area contributed by atoms with Crippen molar-refractivity contribution in [2.75, 3.05) is 38.2 Å². The van der Waals surface area contributed by atoms with E-state index < -0.39 is 28.0 Å². The minimum absolute atomic E-state index is 0.0705. The molecule has 0 bridgehead atoms. The first kappa shape index (κ1) is 42.8. The summed E-state index contributed by atoms with van der Waals surface area (Å²) in [4.78, 5) is 53.9. The van der Waals surface area contributed by atoms with Gasteiger partial charge in [0.15, 0.2) is 9.84 Å². The zero-order chi connectivity index (χ0) is 39.9. The van der Waals surface area contributed by atoms with Crippen LogP contribution in [0.1, 0.15) is 65.7 Å². The number of carbonyl (C=O) groups is 3. The molecule has 4 amide bonds. The highest BCUT2D eigenvalue weighted by Gasteiger charge is 2.28. The summed E-state index contributed by atoms with van der Waals surface area (Å²) in [6.45, 7) is 5.76. The summed E-state index contributed by atoms with van der Waals surface area (Å²) in [5.41, 5.74) is 4.56. The van der Waals surface area contributed by atoms with Gasteiger partial charge in [0.1, 0.15) is 12.6 Å². The molecule has 56 heavy (non-hydrogen) atoms. The maximum atomic E-state index is 14.3. The fraction of sp³-hybridized carbons (Fsp3) is 0.475. The maximum absolute atomic E-state index is 14.3. The average Bonchev–Trinajstić information content (AvgIpc) is 3.89. The van der Waals surface area contributed by atoms with E-state index in [2.05, 4.69) is 39.8 Å². The lowest BCUT2D eigenvalue weighted by Crippen LogP contribution is -2.54. The smallest absolute Gasteiger partial charge is 0.407 e. The molecule has 0 saturated carbocycles. The van der Waals surface area contributed by atoms with Crippen molar-refractivity contribution >= 4 is 50.5 Å². The molecular weight excluding hydrogens is 771 g/mol. The van der Waals surface area contributed by atoms with Crippen LogP contribution in [-0.2, 0) is 45.4 Å². The summed E-state index contributed by atoms with van der Waals surface area (Å²) < 4.78 is 29.7. The lowest BCUT2D eigenvalue weighted by Gasteiger charge is -2.30. The van der Waals surface area contributed by atoms with E-state index in [0.717, 1.165) is 26.7 Å². The fourth-order valence-corrected chi connectivity index (χ4v) is 9.01. The van der Waals surface area contributed by atoms with E-state index in [4.69, 9.17) is 4.74 Å². The number of ether oxygens (including phenoxy) is 1. The van der Waals surface area contributed by atoms with Crippen molar-refractivity contribution in [2.45, 2.75) is 83.1 Å². The van der Waals surface area contributed by atoms with Gasteiger partial charge in [-0.1, -0.05) is 74.5 Å². The second-order valence-corrected chi connectivity index (χ2v) is 18.7. The maximum Gasteiger partial charge on any atom is 0.407 e. The first-order valence-electron chi connectivity index (χ1n) is 19.0. The number of amides is 4. The largest absolute Gasteiger partial charge is 0.444 e. The van der Waals surface area contributed by atoms with E-state index in [9.17, 15) is 22.8 Å². The molecule has 16 heteroatoms. The highest BCUT2D eigenvalue weighted by molar-refractivity contribution is 7.91. The van der Waals surface area contributed by atoms with E-state index in [1.54, 1.807) is 30.1 Å². The molecule has 4 aromatic rings. The number of rotatable bonds is 19. The Morgan fingerprint density at radius 1 is 0.875 bits per heavy atom. The van der Waals surface area contributed by atoms with Gasteiger partial charge in [0.25, 0.3) is 0 Å². The molecule has 1 saturated heterocycles. The monoisotopic (exact) mass is 823 g/mol. The number of alkyl carbamates (subject to hydrolysis) is 1. The molecule has 0 spiro atoms. The predicted octanol–water partition coefficient (Wildman–Crippen LogP) is 5.40. The van der Waals surface area contributed by atoms with E-state index >= 15 is 0 Å². The third kappa shape index (κ3) is 14.3. The number of nitrogens with zero attached hydrogens (tertiary/aromatic N) is 4. The summed E-state index contributed by atoms with van der Waals surface area (Å²) in [5.74, 6) is 0.0916. The Hall–Kier alpha value is -4.38. The molecule has 0 aliphatic carbocycles. The van der Waals surface area contributed by atoms with E-state index in [1.165, 1.54) is 16.2 Å². The second-order valence-electron chi connectivity index (χ2n) is 14.5. The Morgan fingerprint density at radius 2 is 1.50 bits per heavy atom. The van der Waals surface area contributed by atoms with E-state index in [1.807, 2.05) is 70.9 Å². The topological polar surface area (TPSA) is 163 Å². The normalized spacial score (nSPS) is 15.7. The van der Waals surface area contributed by atoms with Gasteiger partial charge in [-0.05, 0) is 43.2 Å². The van der Waals surface area contributed by atoms with Crippen LogP contribution in [0.5, 0.6) is 0 Å². The zero-order valence-corrected chi connectivity index (χ0v) is 34.7. The number of benzene rings is 2. The van der Waals surface area contributed by atoms with Crippen molar-refractivity contribution in [1.82, 2.24) is 35.7 Å². The average molecular weight is 824 g/mol. The molecule has 13 nitrogen and oxygen atoms in total. The second kappa shape index (κ2) is 21.2. The summed E-state index contributed by atoms with van der Waals surface area (Å²) in [7, 11) is -1.40. The summed E-state index contributed by atoms with van der Waals surface area (Å²) in [5, 5.41) is 12.2. The Morgan fingerprint density at radius 3 is 2.07 bits per heavy atom. The van der Waals surface area contributed by atoms with Crippen LogP contribution in [0.25, 0.3) is 0 Å². The molecular formula is C40H53N7O6S3. The summed E-state index contributed by atoms with van der Waals surface area (Å²) >= 11 is 2.97. The summed E-state index contributed by atoms with van der Waals surface area (Å²) in [6, 6.07) is 17.9. The molecule has 302 valence electrons. The number of sulfone groups is 1. The third-order valence-electron chi connectivity index (χ3n) is 9.61. The van der Waals surface area contributed by atoms with Gasteiger partial charge >= 0.3 is 12.1 Å². The van der Waals surface area contributed by atoms with Gasteiger partial charge in [0.05, 0.1) is 39.1 Å². The Balaban J connectivity index is 1.29. The van der Waals surface area contributed by atoms with Crippen LogP contribution in [0, 0.1) is 0 Å². The van der Waals surface area contributed by atoms with Gasteiger partial charge in [-0.15, -0.1) is 22.7 Å². The molecule has 1 fully saturated rings. The number of thiazole rings is 2. The predicted molar refractivity (Wildman–Crippen MR) is 220 cm³/mol. The molecule has 0 radical (unpaired) electrons. The number of aromatic nitrogens is 2. The van der Waals surface area contributed by atoms with Crippen LogP contribution < -0.4 is 16.0 Å². The number of urea groups is 1. The van der Waals surface area contributed by atoms with Gasteiger partial charge in [-0.25, -0.2) is 23.0 Å². The van der Waals surface area contributed by atoms with Crippen LogP contribution >= 0.6 is 22.7 Å². The SMILES string of the molecule is CC(C)c1nc(CN(C)C(=O)NC(CCN2CCS(=O)(=O)CC2)C(=O)NC(CCC(Cc2ccccc2)NC(=O)OCc2cncs2)Cc2ccccc2)cs1. The first-order chi connectivity index (χ1) is 26.9. The molecule has 2 aromatic carbocycles. The van der Waals surface area contributed by atoms with Crippen molar-refractivity contribution < 1.29 is 27.5 Å². The van der Waals surface area contributed by atoms with Crippen LogP contribution in [0.4, 0.5) is 9.59 Å². The zero-order valence-electron chi connectivity index (χ0n) is 32.3. The molecule has 5 rings (SSSR count). The van der Waals surface area contributed by atoms with Crippen molar-refractivity contribution in [1.29, 1.82) is 0 Å². The van der Waals surface area contributed by atoms with Crippen LogP contribution in [0.15, 0.2) is 77.8 Å². The Labute approximate surface area is 338 Å². The van der Waals surface area contributed by atoms with Gasteiger partial charge < -0.3 is 30.5 Å². The van der Waals surface area contributed by atoms with Crippen LogP contribution in [0.2, 0.25) is 0 Å². The molecule has 3 N–H and O–H groups in total. The quantitative estimate of drug-likeness (QED) is 0.113. The molecule has 3 heterocycles. The van der Waals surface area contributed by atoms with Crippen molar-refractivity contribution in [3.63, 3.8) is 0 Å². The number of carbonyl (C=O) groups excluding carboxylic acids is 3. The lowest BCUT2D eigenvalue weighted by atomic mass is 9.95. The minimum Gasteiger partial charge on any atom is -0.444 e. The third-order valence-corrected chi connectivity index (χ3v) is 13.2. The van der Waals surface area contributed by atoms with Crippen molar-refractivity contribution in [3.8, 4) is 0 Å².